The lowest BCUT2D eigenvalue weighted by molar-refractivity contribution is -0.219. The van der Waals surface area contributed by atoms with E-state index in [1.54, 1.807) is 7.11 Å². The van der Waals surface area contributed by atoms with Gasteiger partial charge in [0, 0.05) is 13.5 Å². The van der Waals surface area contributed by atoms with Crippen molar-refractivity contribution in [3.8, 4) is 0 Å². The minimum Gasteiger partial charge on any atom is -0.394 e. The van der Waals surface area contributed by atoms with Crippen molar-refractivity contribution in [1.82, 2.24) is 0 Å². The Morgan fingerprint density at radius 1 is 1.55 bits per heavy atom. The molecule has 0 aromatic heterocycles. The number of aliphatic hydroxyl groups excluding tert-OH is 2. The molecule has 1 unspecified atom stereocenters. The molecule has 4 nitrogen and oxygen atoms in total. The van der Waals surface area contributed by atoms with Gasteiger partial charge in [-0.25, -0.2) is 0 Å². The maximum absolute atomic E-state index is 9.24. The SMILES string of the molecule is COC1CC[C@H](O)[C@@H](CO)O1. The molecule has 0 radical (unpaired) electrons. The van der Waals surface area contributed by atoms with Crippen LogP contribution in [0.25, 0.3) is 0 Å². The molecule has 11 heavy (non-hydrogen) atoms. The van der Waals surface area contributed by atoms with Crippen LogP contribution in [0, 0.1) is 0 Å². The van der Waals surface area contributed by atoms with Gasteiger partial charge in [0.05, 0.1) is 12.7 Å². The molecule has 0 saturated carbocycles. The van der Waals surface area contributed by atoms with Crippen LogP contribution >= 0.6 is 0 Å². The van der Waals surface area contributed by atoms with Gasteiger partial charge in [-0.05, 0) is 6.42 Å². The van der Waals surface area contributed by atoms with E-state index >= 15 is 0 Å². The zero-order chi connectivity index (χ0) is 8.27. The molecular weight excluding hydrogens is 148 g/mol. The lowest BCUT2D eigenvalue weighted by Crippen LogP contribution is -2.41. The Bertz CT molecular complexity index is 117. The third kappa shape index (κ3) is 2.13. The van der Waals surface area contributed by atoms with Crippen molar-refractivity contribution in [2.24, 2.45) is 0 Å². The van der Waals surface area contributed by atoms with Crippen molar-refractivity contribution in [2.45, 2.75) is 31.3 Å². The first-order valence-electron chi connectivity index (χ1n) is 3.75. The van der Waals surface area contributed by atoms with E-state index in [1.165, 1.54) is 0 Å². The highest BCUT2D eigenvalue weighted by atomic mass is 16.7. The molecule has 1 aliphatic heterocycles. The van der Waals surface area contributed by atoms with E-state index in [9.17, 15) is 5.11 Å². The molecule has 1 heterocycles. The van der Waals surface area contributed by atoms with Gasteiger partial charge >= 0.3 is 0 Å². The average Bonchev–Trinajstić information content (AvgIpc) is 2.05. The summed E-state index contributed by atoms with van der Waals surface area (Å²) in [6.45, 7) is -0.152. The number of rotatable bonds is 2. The minimum atomic E-state index is -0.550. The van der Waals surface area contributed by atoms with Crippen LogP contribution in [-0.2, 0) is 9.47 Å². The normalized spacial score (nSPS) is 39.0. The summed E-state index contributed by atoms with van der Waals surface area (Å²) in [6, 6.07) is 0. The van der Waals surface area contributed by atoms with Gasteiger partial charge in [0.25, 0.3) is 0 Å². The minimum absolute atomic E-state index is 0.152. The summed E-state index contributed by atoms with van der Waals surface area (Å²) in [5.74, 6) is 0. The van der Waals surface area contributed by atoms with Gasteiger partial charge in [0.2, 0.25) is 0 Å². The van der Waals surface area contributed by atoms with Gasteiger partial charge in [-0.2, -0.15) is 0 Å². The summed E-state index contributed by atoms with van der Waals surface area (Å²) < 4.78 is 10.1. The average molecular weight is 162 g/mol. The fourth-order valence-corrected chi connectivity index (χ4v) is 1.18. The number of methoxy groups -OCH3 is 1. The second-order valence-corrected chi connectivity index (χ2v) is 2.67. The predicted octanol–water partition coefficient (Wildman–Crippen LogP) is -0.509. The van der Waals surface area contributed by atoms with Crippen molar-refractivity contribution in [1.29, 1.82) is 0 Å². The molecule has 1 aliphatic rings. The van der Waals surface area contributed by atoms with E-state index in [4.69, 9.17) is 14.6 Å². The molecule has 0 spiro atoms. The summed E-state index contributed by atoms with van der Waals surface area (Å²) in [6.07, 6.45) is 0.0217. The molecule has 0 aromatic rings. The summed E-state index contributed by atoms with van der Waals surface area (Å²) in [7, 11) is 1.55. The molecule has 2 N–H and O–H groups in total. The first-order chi connectivity index (χ1) is 5.27. The monoisotopic (exact) mass is 162 g/mol. The lowest BCUT2D eigenvalue weighted by Gasteiger charge is -2.31. The van der Waals surface area contributed by atoms with Gasteiger partial charge in [-0.3, -0.25) is 0 Å². The zero-order valence-electron chi connectivity index (χ0n) is 6.56. The van der Waals surface area contributed by atoms with Crippen molar-refractivity contribution in [3.63, 3.8) is 0 Å². The van der Waals surface area contributed by atoms with Crippen LogP contribution in [0.15, 0.2) is 0 Å². The van der Waals surface area contributed by atoms with Gasteiger partial charge < -0.3 is 19.7 Å². The second kappa shape index (κ2) is 4.01. The van der Waals surface area contributed by atoms with E-state index in [2.05, 4.69) is 0 Å². The molecule has 4 heteroatoms. The molecule has 0 amide bonds. The number of hydrogen-bond acceptors (Lipinski definition) is 4. The Hall–Kier alpha value is -0.160. The van der Waals surface area contributed by atoms with Gasteiger partial charge in [0.15, 0.2) is 6.29 Å². The smallest absolute Gasteiger partial charge is 0.157 e. The first-order valence-corrected chi connectivity index (χ1v) is 3.75. The Kier molecular flexibility index (Phi) is 3.26. The molecule has 0 aliphatic carbocycles. The Morgan fingerprint density at radius 3 is 2.82 bits per heavy atom. The topological polar surface area (TPSA) is 58.9 Å². The van der Waals surface area contributed by atoms with Crippen LogP contribution < -0.4 is 0 Å². The fraction of sp³-hybridized carbons (Fsp3) is 1.00. The molecule has 1 fully saturated rings. The quantitative estimate of drug-likeness (QED) is 0.574. The fourth-order valence-electron chi connectivity index (χ4n) is 1.18. The molecule has 1 rings (SSSR count). The van der Waals surface area contributed by atoms with Gasteiger partial charge in [-0.1, -0.05) is 0 Å². The molecule has 0 aromatic carbocycles. The van der Waals surface area contributed by atoms with E-state index < -0.39 is 12.2 Å². The summed E-state index contributed by atoms with van der Waals surface area (Å²) >= 11 is 0. The maximum atomic E-state index is 9.24. The maximum Gasteiger partial charge on any atom is 0.157 e. The van der Waals surface area contributed by atoms with Crippen molar-refractivity contribution in [3.05, 3.63) is 0 Å². The number of aliphatic hydroxyl groups is 2. The highest BCUT2D eigenvalue weighted by molar-refractivity contribution is 4.74. The summed E-state index contributed by atoms with van der Waals surface area (Å²) in [5, 5.41) is 18.0. The Morgan fingerprint density at radius 2 is 2.27 bits per heavy atom. The molecular formula is C7H14O4. The zero-order valence-corrected chi connectivity index (χ0v) is 6.56. The largest absolute Gasteiger partial charge is 0.394 e. The number of ether oxygens (including phenoxy) is 2. The molecule has 66 valence electrons. The van der Waals surface area contributed by atoms with Crippen molar-refractivity contribution in [2.75, 3.05) is 13.7 Å². The van der Waals surface area contributed by atoms with Crippen molar-refractivity contribution >= 4 is 0 Å². The second-order valence-electron chi connectivity index (χ2n) is 2.67. The van der Waals surface area contributed by atoms with Crippen LogP contribution in [0.3, 0.4) is 0 Å². The van der Waals surface area contributed by atoms with Gasteiger partial charge in [0.1, 0.15) is 6.10 Å². The Balaban J connectivity index is 2.37. The molecule has 1 saturated heterocycles. The van der Waals surface area contributed by atoms with Crippen LogP contribution in [0.1, 0.15) is 12.8 Å². The lowest BCUT2D eigenvalue weighted by atomic mass is 10.1. The van der Waals surface area contributed by atoms with Crippen LogP contribution in [0.2, 0.25) is 0 Å². The van der Waals surface area contributed by atoms with E-state index in [1.807, 2.05) is 0 Å². The van der Waals surface area contributed by atoms with Crippen LogP contribution in [-0.4, -0.2) is 42.4 Å². The summed E-state index contributed by atoms with van der Waals surface area (Å²) in [4.78, 5) is 0. The van der Waals surface area contributed by atoms with Crippen molar-refractivity contribution < 1.29 is 19.7 Å². The highest BCUT2D eigenvalue weighted by Gasteiger charge is 2.28. The number of hydrogen-bond donors (Lipinski definition) is 2. The third-order valence-corrected chi connectivity index (χ3v) is 1.90. The highest BCUT2D eigenvalue weighted by Crippen LogP contribution is 2.19. The van der Waals surface area contributed by atoms with Crippen LogP contribution in [0.5, 0.6) is 0 Å². The Labute approximate surface area is 65.7 Å². The van der Waals surface area contributed by atoms with Crippen LogP contribution in [0.4, 0.5) is 0 Å². The summed E-state index contributed by atoms with van der Waals surface area (Å²) in [5.41, 5.74) is 0. The standard InChI is InChI=1S/C7H14O4/c1-10-7-3-2-5(9)6(4-8)11-7/h5-9H,2-4H2,1H3/t5-,6+,7?/m0/s1. The molecule has 0 bridgehead atoms. The third-order valence-electron chi connectivity index (χ3n) is 1.90. The molecule has 3 atom stereocenters. The first kappa shape index (κ1) is 8.93. The van der Waals surface area contributed by atoms with E-state index in [-0.39, 0.29) is 12.9 Å². The predicted molar refractivity (Wildman–Crippen MR) is 38.0 cm³/mol. The van der Waals surface area contributed by atoms with E-state index in [0.717, 1.165) is 0 Å². The van der Waals surface area contributed by atoms with E-state index in [0.29, 0.717) is 12.8 Å². The van der Waals surface area contributed by atoms with Gasteiger partial charge in [-0.15, -0.1) is 0 Å².